The first-order chi connectivity index (χ1) is 14.4. The van der Waals surface area contributed by atoms with Crippen LogP contribution in [0, 0.1) is 5.82 Å². The summed E-state index contributed by atoms with van der Waals surface area (Å²) < 4.78 is 55.0. The zero-order valence-corrected chi connectivity index (χ0v) is 17.1. The summed E-state index contributed by atoms with van der Waals surface area (Å²) in [6.07, 6.45) is 3.96. The van der Waals surface area contributed by atoms with E-state index >= 15 is 0 Å². The Labute approximate surface area is 172 Å². The van der Waals surface area contributed by atoms with Crippen LogP contribution >= 0.6 is 0 Å². The second kappa shape index (κ2) is 7.79. The molecule has 2 heterocycles. The number of nitrogens with zero attached hydrogens (tertiary/aromatic N) is 3. The molecule has 8 nitrogen and oxygen atoms in total. The summed E-state index contributed by atoms with van der Waals surface area (Å²) in [4.78, 5) is -0.0312. The molecule has 1 N–H and O–H groups in total. The van der Waals surface area contributed by atoms with Crippen molar-refractivity contribution in [3.63, 3.8) is 0 Å². The van der Waals surface area contributed by atoms with Crippen LogP contribution in [0.1, 0.15) is 18.1 Å². The Kier molecular flexibility index (Phi) is 5.17. The Morgan fingerprint density at radius 3 is 2.80 bits per heavy atom. The van der Waals surface area contributed by atoms with Crippen LogP contribution in [-0.4, -0.2) is 30.5 Å². The third kappa shape index (κ3) is 3.73. The molecular formula is C20H19FN4O4S. The first-order valence-electron chi connectivity index (χ1n) is 9.16. The molecule has 4 rings (SSSR count). The van der Waals surface area contributed by atoms with Gasteiger partial charge in [0.05, 0.1) is 19.0 Å². The fraction of sp³-hybridized carbons (Fsp3) is 0.200. The smallest absolute Gasteiger partial charge is 0.266 e. The summed E-state index contributed by atoms with van der Waals surface area (Å²) in [5.41, 5.74) is 1.43. The van der Waals surface area contributed by atoms with Crippen LogP contribution in [0.3, 0.4) is 0 Å². The number of fused-ring (bicyclic) bond motifs is 1. The van der Waals surface area contributed by atoms with E-state index in [0.29, 0.717) is 12.0 Å². The molecule has 2 aromatic heterocycles. The Morgan fingerprint density at radius 2 is 2.10 bits per heavy atom. The summed E-state index contributed by atoms with van der Waals surface area (Å²) in [6.45, 7) is 2.12. The molecule has 0 bridgehead atoms. The number of sulfonamides is 1. The van der Waals surface area contributed by atoms with Crippen molar-refractivity contribution in [1.82, 2.24) is 14.9 Å². The number of methoxy groups -OCH3 is 1. The molecule has 0 aliphatic carbocycles. The first-order valence-corrected chi connectivity index (χ1v) is 10.6. The van der Waals surface area contributed by atoms with Crippen molar-refractivity contribution in [3.8, 4) is 5.75 Å². The summed E-state index contributed by atoms with van der Waals surface area (Å²) in [7, 11) is -2.66. The van der Waals surface area contributed by atoms with Gasteiger partial charge >= 0.3 is 0 Å². The van der Waals surface area contributed by atoms with Gasteiger partial charge in [-0.2, -0.15) is 5.10 Å². The van der Waals surface area contributed by atoms with Gasteiger partial charge in [0.25, 0.3) is 10.0 Å². The maximum atomic E-state index is 14.6. The highest BCUT2D eigenvalue weighted by Crippen LogP contribution is 2.31. The Balaban J connectivity index is 1.70. The van der Waals surface area contributed by atoms with Crippen LogP contribution in [0.4, 0.5) is 10.2 Å². The quantitative estimate of drug-likeness (QED) is 0.481. The van der Waals surface area contributed by atoms with E-state index in [1.54, 1.807) is 35.3 Å². The van der Waals surface area contributed by atoms with E-state index in [1.807, 2.05) is 6.92 Å². The van der Waals surface area contributed by atoms with Gasteiger partial charge in [-0.25, -0.2) is 12.8 Å². The highest BCUT2D eigenvalue weighted by atomic mass is 32.2. The van der Waals surface area contributed by atoms with Crippen molar-refractivity contribution >= 4 is 26.8 Å². The summed E-state index contributed by atoms with van der Waals surface area (Å²) in [5, 5.41) is 8.05. The van der Waals surface area contributed by atoms with E-state index in [4.69, 9.17) is 9.26 Å². The van der Waals surface area contributed by atoms with Gasteiger partial charge in [0.1, 0.15) is 16.5 Å². The normalized spacial score (nSPS) is 11.7. The second-order valence-corrected chi connectivity index (χ2v) is 8.27. The number of anilines is 1. The van der Waals surface area contributed by atoms with Crippen molar-refractivity contribution in [1.29, 1.82) is 0 Å². The maximum absolute atomic E-state index is 14.6. The zero-order chi connectivity index (χ0) is 21.3. The van der Waals surface area contributed by atoms with Crippen LogP contribution < -0.4 is 9.46 Å². The number of aromatic nitrogens is 3. The molecule has 0 saturated heterocycles. The van der Waals surface area contributed by atoms with E-state index in [9.17, 15) is 12.8 Å². The van der Waals surface area contributed by atoms with E-state index in [2.05, 4.69) is 15.0 Å². The number of halogens is 1. The molecule has 0 atom stereocenters. The van der Waals surface area contributed by atoms with Crippen LogP contribution in [0.2, 0.25) is 0 Å². The Morgan fingerprint density at radius 1 is 1.27 bits per heavy atom. The van der Waals surface area contributed by atoms with Gasteiger partial charge in [-0.05, 0) is 42.3 Å². The predicted octanol–water partition coefficient (Wildman–Crippen LogP) is 3.58. The summed E-state index contributed by atoms with van der Waals surface area (Å²) in [6, 6.07) is 9.33. The van der Waals surface area contributed by atoms with Gasteiger partial charge in [-0.15, -0.1) is 0 Å². The average Bonchev–Trinajstić information content (AvgIpc) is 3.38. The second-order valence-electron chi connectivity index (χ2n) is 6.62. The standard InChI is InChI=1S/C20H19FN4O4S/c1-3-13-5-6-17(28-2)19(9-13)30(26,27)24-20-15-11-16(21)14(10-18(15)29-23-20)12-25-8-4-7-22-25/h4-11H,3,12H2,1-2H3,(H,23,24). The SMILES string of the molecule is CCc1ccc(OC)c(S(=O)(=O)Nc2noc3cc(Cn4cccn4)c(F)cc23)c1. The molecule has 0 unspecified atom stereocenters. The molecule has 156 valence electrons. The van der Waals surface area contributed by atoms with Crippen LogP contribution in [0.15, 0.2) is 58.2 Å². The van der Waals surface area contributed by atoms with Crippen molar-refractivity contribution in [3.05, 3.63) is 65.7 Å². The Bertz CT molecular complexity index is 1300. The number of ether oxygens (including phenoxy) is 1. The first kappa shape index (κ1) is 19.9. The van der Waals surface area contributed by atoms with Crippen LogP contribution in [0.25, 0.3) is 11.0 Å². The highest BCUT2D eigenvalue weighted by Gasteiger charge is 2.23. The number of benzene rings is 2. The topological polar surface area (TPSA) is 99.3 Å². The van der Waals surface area contributed by atoms with E-state index < -0.39 is 15.8 Å². The minimum Gasteiger partial charge on any atom is -0.495 e. The van der Waals surface area contributed by atoms with E-state index in [0.717, 1.165) is 5.56 Å². The minimum atomic E-state index is -4.05. The molecule has 30 heavy (non-hydrogen) atoms. The zero-order valence-electron chi connectivity index (χ0n) is 16.3. The molecule has 2 aromatic carbocycles. The molecule has 4 aromatic rings. The molecule has 0 aliphatic rings. The molecular weight excluding hydrogens is 411 g/mol. The molecule has 0 radical (unpaired) electrons. The molecule has 0 fully saturated rings. The number of nitrogens with one attached hydrogen (secondary N) is 1. The van der Waals surface area contributed by atoms with Crippen molar-refractivity contribution < 1.29 is 22.1 Å². The van der Waals surface area contributed by atoms with Gasteiger partial charge in [-0.1, -0.05) is 18.1 Å². The van der Waals surface area contributed by atoms with Gasteiger partial charge < -0.3 is 9.26 Å². The van der Waals surface area contributed by atoms with Gasteiger partial charge in [-0.3, -0.25) is 9.40 Å². The molecule has 0 spiro atoms. The van der Waals surface area contributed by atoms with E-state index in [-0.39, 0.29) is 34.0 Å². The third-order valence-electron chi connectivity index (χ3n) is 4.69. The predicted molar refractivity (Wildman–Crippen MR) is 108 cm³/mol. The minimum absolute atomic E-state index is 0.0312. The van der Waals surface area contributed by atoms with E-state index in [1.165, 1.54) is 25.3 Å². The lowest BCUT2D eigenvalue weighted by atomic mass is 10.1. The highest BCUT2D eigenvalue weighted by molar-refractivity contribution is 7.92. The lowest BCUT2D eigenvalue weighted by Crippen LogP contribution is -2.15. The van der Waals surface area contributed by atoms with Crippen LogP contribution in [-0.2, 0) is 23.0 Å². The lowest BCUT2D eigenvalue weighted by molar-refractivity contribution is 0.402. The van der Waals surface area contributed by atoms with Crippen molar-refractivity contribution in [2.45, 2.75) is 24.8 Å². The largest absolute Gasteiger partial charge is 0.495 e. The van der Waals surface area contributed by atoms with Gasteiger partial charge in [0, 0.05) is 18.0 Å². The number of hydrogen-bond donors (Lipinski definition) is 1. The van der Waals surface area contributed by atoms with Gasteiger partial charge in [0.15, 0.2) is 11.4 Å². The molecule has 0 saturated carbocycles. The molecule has 0 amide bonds. The number of aryl methyl sites for hydroxylation is 1. The van der Waals surface area contributed by atoms with Crippen molar-refractivity contribution in [2.24, 2.45) is 0 Å². The molecule has 10 heteroatoms. The maximum Gasteiger partial charge on any atom is 0.266 e. The third-order valence-corrected chi connectivity index (χ3v) is 6.05. The van der Waals surface area contributed by atoms with Gasteiger partial charge in [0.2, 0.25) is 0 Å². The number of rotatable bonds is 7. The number of hydrogen-bond acceptors (Lipinski definition) is 6. The fourth-order valence-corrected chi connectivity index (χ4v) is 4.33. The Hall–Kier alpha value is -3.40. The van der Waals surface area contributed by atoms with Crippen molar-refractivity contribution in [2.75, 3.05) is 11.8 Å². The van der Waals surface area contributed by atoms with Crippen LogP contribution in [0.5, 0.6) is 5.75 Å². The summed E-state index contributed by atoms with van der Waals surface area (Å²) >= 11 is 0. The molecule has 0 aliphatic heterocycles. The fourth-order valence-electron chi connectivity index (χ4n) is 3.10. The lowest BCUT2D eigenvalue weighted by Gasteiger charge is -2.11. The average molecular weight is 430 g/mol. The summed E-state index contributed by atoms with van der Waals surface area (Å²) in [5.74, 6) is -0.425. The monoisotopic (exact) mass is 430 g/mol.